The number of thiophene rings is 1. The predicted molar refractivity (Wildman–Crippen MR) is 73.6 cm³/mol. The van der Waals surface area contributed by atoms with Gasteiger partial charge in [0.25, 0.3) is 11.6 Å². The van der Waals surface area contributed by atoms with Crippen LogP contribution in [0.2, 0.25) is 5.02 Å². The normalized spacial score (nSPS) is 10.2. The number of nitrogens with one attached hydrogen (secondary N) is 1. The zero-order valence-corrected chi connectivity index (χ0v) is 11.2. The summed E-state index contributed by atoms with van der Waals surface area (Å²) < 4.78 is 0. The minimum Gasteiger partial charge on any atom is -0.348 e. The smallest absolute Gasteiger partial charge is 0.288 e. The molecule has 0 unspecified atom stereocenters. The van der Waals surface area contributed by atoms with E-state index < -0.39 is 10.8 Å². The van der Waals surface area contributed by atoms with Crippen LogP contribution in [-0.4, -0.2) is 10.8 Å². The third-order valence-corrected chi connectivity index (χ3v) is 3.58. The topological polar surface area (TPSA) is 72.2 Å². The molecule has 98 valence electrons. The minimum atomic E-state index is -0.613. The molecule has 0 aliphatic heterocycles. The van der Waals surface area contributed by atoms with E-state index in [0.717, 1.165) is 5.56 Å². The number of hydrogen-bond acceptors (Lipinski definition) is 4. The molecule has 1 aromatic carbocycles. The van der Waals surface area contributed by atoms with Crippen molar-refractivity contribution < 1.29 is 9.72 Å². The average Bonchev–Trinajstić information content (AvgIpc) is 2.89. The molecule has 2 rings (SSSR count). The lowest BCUT2D eigenvalue weighted by Crippen LogP contribution is -2.23. The first kappa shape index (κ1) is 13.5. The second-order valence-corrected chi connectivity index (χ2v) is 4.87. The lowest BCUT2D eigenvalue weighted by molar-refractivity contribution is -0.384. The summed E-state index contributed by atoms with van der Waals surface area (Å²) >= 11 is 7.39. The minimum absolute atomic E-state index is 0.103. The largest absolute Gasteiger partial charge is 0.348 e. The predicted octanol–water partition coefficient (Wildman–Crippen LogP) is 3.24. The van der Waals surface area contributed by atoms with Gasteiger partial charge in [-0.2, -0.15) is 11.3 Å². The summed E-state index contributed by atoms with van der Waals surface area (Å²) in [6, 6.07) is 6.04. The van der Waals surface area contributed by atoms with Crippen molar-refractivity contribution >= 4 is 34.5 Å². The number of rotatable bonds is 4. The molecule has 0 spiro atoms. The summed E-state index contributed by atoms with van der Waals surface area (Å²) in [5.41, 5.74) is 0.802. The molecule has 0 radical (unpaired) electrons. The number of benzene rings is 1. The second kappa shape index (κ2) is 5.81. The number of nitro benzene ring substituents is 1. The first-order chi connectivity index (χ1) is 9.09. The summed E-state index contributed by atoms with van der Waals surface area (Å²) in [6.07, 6.45) is 0. The van der Waals surface area contributed by atoms with Gasteiger partial charge in [0.05, 0.1) is 10.5 Å². The molecule has 1 aromatic heterocycles. The quantitative estimate of drug-likeness (QED) is 0.695. The van der Waals surface area contributed by atoms with E-state index in [1.54, 1.807) is 0 Å². The van der Waals surface area contributed by atoms with Crippen LogP contribution in [0.5, 0.6) is 0 Å². The maximum absolute atomic E-state index is 11.9. The van der Waals surface area contributed by atoms with Crippen LogP contribution in [0.3, 0.4) is 0 Å². The molecule has 0 aliphatic carbocycles. The molecule has 0 saturated heterocycles. The molecular formula is C12H9ClN2O3S. The lowest BCUT2D eigenvalue weighted by atomic mass is 10.2. The molecule has 5 nitrogen and oxygen atoms in total. The Bertz CT molecular complexity index is 613. The van der Waals surface area contributed by atoms with Crippen molar-refractivity contribution in [1.29, 1.82) is 0 Å². The fraction of sp³-hybridized carbons (Fsp3) is 0.0833. The van der Waals surface area contributed by atoms with Crippen LogP contribution in [0.25, 0.3) is 0 Å². The molecule has 0 bridgehead atoms. The number of halogens is 1. The van der Waals surface area contributed by atoms with E-state index in [1.165, 1.54) is 29.5 Å². The molecule has 19 heavy (non-hydrogen) atoms. The zero-order valence-electron chi connectivity index (χ0n) is 9.63. The summed E-state index contributed by atoms with van der Waals surface area (Å²) in [5.74, 6) is -0.431. The first-order valence-electron chi connectivity index (χ1n) is 5.32. The van der Waals surface area contributed by atoms with Crippen molar-refractivity contribution in [3.63, 3.8) is 0 Å². The van der Waals surface area contributed by atoms with E-state index in [2.05, 4.69) is 5.32 Å². The van der Waals surface area contributed by atoms with Gasteiger partial charge >= 0.3 is 0 Å². The van der Waals surface area contributed by atoms with E-state index in [-0.39, 0.29) is 16.3 Å². The highest BCUT2D eigenvalue weighted by molar-refractivity contribution is 7.07. The van der Waals surface area contributed by atoms with Crippen molar-refractivity contribution in [3.05, 3.63) is 61.3 Å². The van der Waals surface area contributed by atoms with Crippen molar-refractivity contribution in [3.8, 4) is 0 Å². The van der Waals surface area contributed by atoms with Crippen molar-refractivity contribution in [1.82, 2.24) is 5.32 Å². The van der Waals surface area contributed by atoms with Crippen LogP contribution in [-0.2, 0) is 6.54 Å². The summed E-state index contributed by atoms with van der Waals surface area (Å²) in [6.45, 7) is 0.362. The number of nitrogens with zero attached hydrogens (tertiary/aromatic N) is 1. The highest BCUT2D eigenvalue weighted by atomic mass is 35.5. The Labute approximate surface area is 118 Å². The van der Waals surface area contributed by atoms with Crippen LogP contribution >= 0.6 is 22.9 Å². The Morgan fingerprint density at radius 1 is 1.42 bits per heavy atom. The molecular weight excluding hydrogens is 288 g/mol. The molecule has 1 heterocycles. The van der Waals surface area contributed by atoms with Gasteiger partial charge in [-0.15, -0.1) is 0 Å². The highest BCUT2D eigenvalue weighted by Crippen LogP contribution is 2.27. The van der Waals surface area contributed by atoms with Crippen LogP contribution < -0.4 is 5.32 Å². The van der Waals surface area contributed by atoms with Gasteiger partial charge in [0.15, 0.2) is 0 Å². The van der Waals surface area contributed by atoms with Gasteiger partial charge in [-0.1, -0.05) is 17.7 Å². The van der Waals surface area contributed by atoms with E-state index in [9.17, 15) is 14.9 Å². The summed E-state index contributed by atoms with van der Waals surface area (Å²) in [5, 5.41) is 17.1. The molecule has 0 atom stereocenters. The SMILES string of the molecule is O=C(NCc1ccsc1)c1cccc([N+](=O)[O-])c1Cl. The van der Waals surface area contributed by atoms with Gasteiger partial charge in [0, 0.05) is 12.6 Å². The number of hydrogen-bond donors (Lipinski definition) is 1. The molecule has 7 heteroatoms. The fourth-order valence-electron chi connectivity index (χ4n) is 1.51. The molecule has 0 saturated carbocycles. The Balaban J connectivity index is 2.15. The fourth-order valence-corrected chi connectivity index (χ4v) is 2.46. The zero-order chi connectivity index (χ0) is 13.8. The Morgan fingerprint density at radius 2 is 2.21 bits per heavy atom. The van der Waals surface area contributed by atoms with Crippen LogP contribution in [0.4, 0.5) is 5.69 Å². The summed E-state index contributed by atoms with van der Waals surface area (Å²) in [7, 11) is 0. The summed E-state index contributed by atoms with van der Waals surface area (Å²) in [4.78, 5) is 22.0. The van der Waals surface area contributed by atoms with Gasteiger partial charge < -0.3 is 5.32 Å². The van der Waals surface area contributed by atoms with Crippen molar-refractivity contribution in [2.24, 2.45) is 0 Å². The maximum atomic E-state index is 11.9. The number of nitro groups is 1. The van der Waals surface area contributed by atoms with E-state index in [1.807, 2.05) is 16.8 Å². The number of amides is 1. The van der Waals surface area contributed by atoms with Gasteiger partial charge in [-0.3, -0.25) is 14.9 Å². The van der Waals surface area contributed by atoms with Crippen LogP contribution in [0.15, 0.2) is 35.0 Å². The van der Waals surface area contributed by atoms with E-state index in [4.69, 9.17) is 11.6 Å². The van der Waals surface area contributed by atoms with Gasteiger partial charge in [0.1, 0.15) is 5.02 Å². The van der Waals surface area contributed by atoms with Crippen molar-refractivity contribution in [2.75, 3.05) is 0 Å². The molecule has 2 aromatic rings. The van der Waals surface area contributed by atoms with Gasteiger partial charge in [-0.25, -0.2) is 0 Å². The Morgan fingerprint density at radius 3 is 2.84 bits per heavy atom. The van der Waals surface area contributed by atoms with Crippen LogP contribution in [0, 0.1) is 10.1 Å². The first-order valence-corrected chi connectivity index (χ1v) is 6.64. The van der Waals surface area contributed by atoms with Crippen LogP contribution in [0.1, 0.15) is 15.9 Å². The van der Waals surface area contributed by atoms with E-state index in [0.29, 0.717) is 6.54 Å². The average molecular weight is 297 g/mol. The molecule has 0 fully saturated rings. The molecule has 1 amide bonds. The third kappa shape index (κ3) is 3.10. The Kier molecular flexibility index (Phi) is 4.13. The Hall–Kier alpha value is -1.92. The van der Waals surface area contributed by atoms with Crippen molar-refractivity contribution in [2.45, 2.75) is 6.54 Å². The molecule has 1 N–H and O–H groups in total. The third-order valence-electron chi connectivity index (χ3n) is 2.45. The maximum Gasteiger partial charge on any atom is 0.288 e. The van der Waals surface area contributed by atoms with E-state index >= 15 is 0 Å². The standard InChI is InChI=1S/C12H9ClN2O3S/c13-11-9(2-1-3-10(11)15(17)18)12(16)14-6-8-4-5-19-7-8/h1-5,7H,6H2,(H,14,16). The number of carbonyl (C=O) groups is 1. The molecule has 0 aliphatic rings. The second-order valence-electron chi connectivity index (χ2n) is 3.71. The van der Waals surface area contributed by atoms with Gasteiger partial charge in [0.2, 0.25) is 0 Å². The monoisotopic (exact) mass is 296 g/mol. The lowest BCUT2D eigenvalue weighted by Gasteiger charge is -2.05. The van der Waals surface area contributed by atoms with Gasteiger partial charge in [-0.05, 0) is 28.5 Å². The number of carbonyl (C=O) groups excluding carboxylic acids is 1. The highest BCUT2D eigenvalue weighted by Gasteiger charge is 2.19.